The standard InChI is InChI=1S/C10H12N2O5S2/c11-19(16,17)7-3-1-6(2-4-7)9(13)12-8(5-18)10(14)15/h1-4,8,18H,5H2,(H,12,13)(H,14,15)(H2,11,16,17)/t8-/m0/s1. The average molecular weight is 304 g/mol. The third-order valence-electron chi connectivity index (χ3n) is 2.23. The number of benzene rings is 1. The number of carbonyl (C=O) groups is 2. The Morgan fingerprint density at radius 1 is 1.32 bits per heavy atom. The normalized spacial score (nSPS) is 12.7. The largest absolute Gasteiger partial charge is 0.480 e. The monoisotopic (exact) mass is 304 g/mol. The predicted molar refractivity (Wildman–Crippen MR) is 70.6 cm³/mol. The molecule has 1 aromatic carbocycles. The number of primary sulfonamides is 1. The molecule has 1 atom stereocenters. The average Bonchev–Trinajstić information content (AvgIpc) is 2.34. The zero-order chi connectivity index (χ0) is 14.6. The first-order valence-corrected chi connectivity index (χ1v) is 7.21. The van der Waals surface area contributed by atoms with E-state index in [4.69, 9.17) is 10.2 Å². The number of amides is 1. The van der Waals surface area contributed by atoms with Gasteiger partial charge in [0.1, 0.15) is 6.04 Å². The van der Waals surface area contributed by atoms with Gasteiger partial charge in [-0.25, -0.2) is 18.4 Å². The van der Waals surface area contributed by atoms with Gasteiger partial charge in [-0.2, -0.15) is 12.6 Å². The summed E-state index contributed by atoms with van der Waals surface area (Å²) >= 11 is 3.80. The van der Waals surface area contributed by atoms with Crippen LogP contribution in [0, 0.1) is 0 Å². The highest BCUT2D eigenvalue weighted by molar-refractivity contribution is 7.89. The molecule has 0 saturated carbocycles. The van der Waals surface area contributed by atoms with E-state index >= 15 is 0 Å². The van der Waals surface area contributed by atoms with Crippen LogP contribution >= 0.6 is 12.6 Å². The summed E-state index contributed by atoms with van der Waals surface area (Å²) in [4.78, 5) is 22.3. The number of nitrogens with one attached hydrogen (secondary N) is 1. The minimum absolute atomic E-state index is 0.0592. The Hall–Kier alpha value is -1.58. The number of carbonyl (C=O) groups excluding carboxylic acids is 1. The number of rotatable bonds is 5. The van der Waals surface area contributed by atoms with Crippen LogP contribution in [0.15, 0.2) is 29.2 Å². The Morgan fingerprint density at radius 3 is 2.21 bits per heavy atom. The van der Waals surface area contributed by atoms with Crippen molar-refractivity contribution in [2.24, 2.45) is 5.14 Å². The maximum Gasteiger partial charge on any atom is 0.327 e. The summed E-state index contributed by atoms with van der Waals surface area (Å²) in [6, 6.07) is 3.70. The van der Waals surface area contributed by atoms with Crippen LogP contribution in [0.2, 0.25) is 0 Å². The van der Waals surface area contributed by atoms with E-state index in [1.807, 2.05) is 0 Å². The van der Waals surface area contributed by atoms with Crippen molar-refractivity contribution in [1.29, 1.82) is 0 Å². The van der Waals surface area contributed by atoms with Gasteiger partial charge in [0.2, 0.25) is 10.0 Å². The molecule has 0 heterocycles. The van der Waals surface area contributed by atoms with E-state index in [2.05, 4.69) is 17.9 Å². The topological polar surface area (TPSA) is 127 Å². The van der Waals surface area contributed by atoms with Gasteiger partial charge in [0.25, 0.3) is 5.91 Å². The van der Waals surface area contributed by atoms with Crippen LogP contribution in [0.1, 0.15) is 10.4 Å². The fourth-order valence-electron chi connectivity index (χ4n) is 1.22. The fraction of sp³-hybridized carbons (Fsp3) is 0.200. The lowest BCUT2D eigenvalue weighted by Gasteiger charge is -2.11. The zero-order valence-electron chi connectivity index (χ0n) is 9.61. The van der Waals surface area contributed by atoms with E-state index in [0.717, 1.165) is 0 Å². The SMILES string of the molecule is NS(=O)(=O)c1ccc(C(=O)N[C@@H](CS)C(=O)O)cc1. The highest BCUT2D eigenvalue weighted by Crippen LogP contribution is 2.09. The third-order valence-corrected chi connectivity index (χ3v) is 3.53. The molecular weight excluding hydrogens is 292 g/mol. The van der Waals surface area contributed by atoms with Crippen LogP contribution in [0.5, 0.6) is 0 Å². The van der Waals surface area contributed by atoms with Crippen molar-refractivity contribution in [1.82, 2.24) is 5.32 Å². The molecule has 104 valence electrons. The molecule has 0 aliphatic rings. The van der Waals surface area contributed by atoms with Gasteiger partial charge >= 0.3 is 5.97 Å². The number of thiol groups is 1. The van der Waals surface area contributed by atoms with Gasteiger partial charge in [0.05, 0.1) is 4.90 Å². The second-order valence-corrected chi connectivity index (χ2v) is 5.54. The molecule has 9 heteroatoms. The lowest BCUT2D eigenvalue weighted by molar-refractivity contribution is -0.138. The molecule has 19 heavy (non-hydrogen) atoms. The zero-order valence-corrected chi connectivity index (χ0v) is 11.3. The van der Waals surface area contributed by atoms with Crippen molar-refractivity contribution >= 4 is 34.5 Å². The van der Waals surface area contributed by atoms with E-state index < -0.39 is 27.9 Å². The van der Waals surface area contributed by atoms with Gasteiger partial charge < -0.3 is 10.4 Å². The molecule has 4 N–H and O–H groups in total. The van der Waals surface area contributed by atoms with Gasteiger partial charge in [-0.3, -0.25) is 4.79 Å². The molecule has 0 bridgehead atoms. The van der Waals surface area contributed by atoms with Crippen LogP contribution < -0.4 is 10.5 Å². The number of sulfonamides is 1. The highest BCUT2D eigenvalue weighted by Gasteiger charge is 2.19. The molecule has 1 aromatic rings. The summed E-state index contributed by atoms with van der Waals surface area (Å²) in [5, 5.41) is 15.9. The van der Waals surface area contributed by atoms with E-state index in [0.29, 0.717) is 0 Å². The number of aliphatic carboxylic acids is 1. The Bertz CT molecular complexity index is 582. The van der Waals surface area contributed by atoms with E-state index in [1.165, 1.54) is 24.3 Å². The number of hydrogen-bond acceptors (Lipinski definition) is 5. The Kier molecular flexibility index (Phi) is 4.92. The molecule has 0 radical (unpaired) electrons. The summed E-state index contributed by atoms with van der Waals surface area (Å²) in [5.41, 5.74) is 0.125. The molecule has 0 unspecified atom stereocenters. The molecule has 1 rings (SSSR count). The molecule has 0 fully saturated rings. The van der Waals surface area contributed by atoms with Crippen molar-refractivity contribution in [3.63, 3.8) is 0 Å². The van der Waals surface area contributed by atoms with E-state index in [9.17, 15) is 18.0 Å². The van der Waals surface area contributed by atoms with Crippen molar-refractivity contribution in [2.45, 2.75) is 10.9 Å². The predicted octanol–water partition coefficient (Wildman–Crippen LogP) is -0.553. The molecule has 0 aliphatic heterocycles. The second kappa shape index (κ2) is 6.04. The minimum atomic E-state index is -3.82. The molecule has 0 spiro atoms. The maximum absolute atomic E-state index is 11.7. The molecule has 1 amide bonds. The summed E-state index contributed by atoms with van der Waals surface area (Å²) in [7, 11) is -3.82. The van der Waals surface area contributed by atoms with Gasteiger partial charge in [-0.1, -0.05) is 0 Å². The van der Waals surface area contributed by atoms with Crippen LogP contribution in [0.3, 0.4) is 0 Å². The first-order valence-electron chi connectivity index (χ1n) is 5.03. The van der Waals surface area contributed by atoms with Crippen LogP contribution in [0.25, 0.3) is 0 Å². The fourth-order valence-corrected chi connectivity index (χ4v) is 1.99. The third kappa shape index (κ3) is 4.23. The Labute approximate surface area is 115 Å². The summed E-state index contributed by atoms with van der Waals surface area (Å²) in [5.74, 6) is -1.90. The molecule has 0 aromatic heterocycles. The quantitative estimate of drug-likeness (QED) is 0.543. The maximum atomic E-state index is 11.7. The lowest BCUT2D eigenvalue weighted by Crippen LogP contribution is -2.42. The summed E-state index contributed by atoms with van der Waals surface area (Å²) in [6.45, 7) is 0. The van der Waals surface area contributed by atoms with Crippen molar-refractivity contribution in [3.05, 3.63) is 29.8 Å². The molecular formula is C10H12N2O5S2. The number of hydrogen-bond donors (Lipinski definition) is 4. The van der Waals surface area contributed by atoms with Gasteiger partial charge in [0, 0.05) is 11.3 Å². The van der Waals surface area contributed by atoms with Gasteiger partial charge in [-0.05, 0) is 24.3 Å². The lowest BCUT2D eigenvalue weighted by atomic mass is 10.2. The van der Waals surface area contributed by atoms with Crippen LogP contribution in [-0.4, -0.2) is 37.2 Å². The number of nitrogens with two attached hydrogens (primary N) is 1. The molecule has 0 aliphatic carbocycles. The Balaban J connectivity index is 2.87. The number of carboxylic acid groups (broad SMARTS) is 1. The minimum Gasteiger partial charge on any atom is -0.480 e. The van der Waals surface area contributed by atoms with Crippen molar-refractivity contribution in [3.8, 4) is 0 Å². The van der Waals surface area contributed by atoms with Gasteiger partial charge in [0.15, 0.2) is 0 Å². The first-order chi connectivity index (χ1) is 8.75. The van der Waals surface area contributed by atoms with E-state index in [-0.39, 0.29) is 16.2 Å². The van der Waals surface area contributed by atoms with Crippen molar-refractivity contribution in [2.75, 3.05) is 5.75 Å². The van der Waals surface area contributed by atoms with Crippen molar-refractivity contribution < 1.29 is 23.1 Å². The summed E-state index contributed by atoms with van der Waals surface area (Å²) < 4.78 is 22.0. The first kappa shape index (κ1) is 15.5. The van der Waals surface area contributed by atoms with Crippen LogP contribution in [-0.2, 0) is 14.8 Å². The van der Waals surface area contributed by atoms with Crippen LogP contribution in [0.4, 0.5) is 0 Å². The smallest absolute Gasteiger partial charge is 0.327 e. The van der Waals surface area contributed by atoms with E-state index in [1.54, 1.807) is 0 Å². The number of carboxylic acids is 1. The second-order valence-electron chi connectivity index (χ2n) is 3.62. The molecule has 0 saturated heterocycles. The van der Waals surface area contributed by atoms with Gasteiger partial charge in [-0.15, -0.1) is 0 Å². The Morgan fingerprint density at radius 2 is 1.84 bits per heavy atom. The highest BCUT2D eigenvalue weighted by atomic mass is 32.2. The molecule has 7 nitrogen and oxygen atoms in total. The summed E-state index contributed by atoms with van der Waals surface area (Å²) in [6.07, 6.45) is 0.